The highest BCUT2D eigenvalue weighted by Crippen LogP contribution is 2.23. The highest BCUT2D eigenvalue weighted by molar-refractivity contribution is 6.35. The summed E-state index contributed by atoms with van der Waals surface area (Å²) in [5.74, 6) is 0.442. The van der Waals surface area contributed by atoms with Gasteiger partial charge in [-0.15, -0.1) is 0 Å². The second-order valence-electron chi connectivity index (χ2n) is 5.54. The lowest BCUT2D eigenvalue weighted by molar-refractivity contribution is 0.974. The maximum absolute atomic E-state index is 13.2. The van der Waals surface area contributed by atoms with E-state index in [1.54, 1.807) is 22.8 Å². The van der Waals surface area contributed by atoms with Crippen molar-refractivity contribution in [2.45, 2.75) is 0 Å². The minimum absolute atomic E-state index is 0.208. The minimum atomic E-state index is -0.208. The fourth-order valence-corrected chi connectivity index (χ4v) is 2.99. The molecule has 122 valence electrons. The van der Waals surface area contributed by atoms with Crippen LogP contribution in [-0.2, 0) is 0 Å². The van der Waals surface area contributed by atoms with Crippen molar-refractivity contribution in [3.8, 4) is 5.69 Å². The summed E-state index contributed by atoms with van der Waals surface area (Å²) in [6, 6.07) is 24.3. The third-order valence-electron chi connectivity index (χ3n) is 3.89. The summed E-state index contributed by atoms with van der Waals surface area (Å²) in [4.78, 5) is 17.8. The van der Waals surface area contributed by atoms with Gasteiger partial charge >= 0.3 is 0 Å². The highest BCUT2D eigenvalue weighted by atomic mass is 35.5. The Morgan fingerprint density at radius 3 is 2.24 bits per heavy atom. The van der Waals surface area contributed by atoms with Gasteiger partial charge in [0.2, 0.25) is 5.95 Å². The predicted octanol–water partition coefficient (Wildman–Crippen LogP) is 4.78. The number of fused-ring (bicyclic) bond motifs is 1. The number of aromatic nitrogens is 2. The number of hydrogen-bond acceptors (Lipinski definition) is 3. The second kappa shape index (κ2) is 6.42. The molecule has 1 heterocycles. The lowest BCUT2D eigenvalue weighted by Gasteiger charge is -2.15. The lowest BCUT2D eigenvalue weighted by Crippen LogP contribution is -2.23. The molecule has 25 heavy (non-hydrogen) atoms. The van der Waals surface area contributed by atoms with Gasteiger partial charge in [-0.25, -0.2) is 9.55 Å². The first-order valence-corrected chi connectivity index (χ1v) is 8.20. The van der Waals surface area contributed by atoms with E-state index in [-0.39, 0.29) is 5.56 Å². The van der Waals surface area contributed by atoms with E-state index in [2.05, 4.69) is 10.3 Å². The van der Waals surface area contributed by atoms with E-state index >= 15 is 0 Å². The number of nitrogens with zero attached hydrogens (tertiary/aromatic N) is 2. The number of benzene rings is 3. The summed E-state index contributed by atoms with van der Waals surface area (Å²) in [7, 11) is 0. The van der Waals surface area contributed by atoms with Crippen LogP contribution in [0.1, 0.15) is 0 Å². The number of hydrogen-bond donors (Lipinski definition) is 1. The third kappa shape index (κ3) is 2.88. The Bertz CT molecular complexity index is 1090. The highest BCUT2D eigenvalue weighted by Gasteiger charge is 2.14. The van der Waals surface area contributed by atoms with Crippen molar-refractivity contribution in [1.29, 1.82) is 0 Å². The summed E-state index contributed by atoms with van der Waals surface area (Å²) in [5, 5.41) is 4.04. The molecule has 0 bridgehead atoms. The van der Waals surface area contributed by atoms with Gasteiger partial charge in [0.25, 0.3) is 5.56 Å². The van der Waals surface area contributed by atoms with Crippen LogP contribution in [0.15, 0.2) is 83.7 Å². The van der Waals surface area contributed by atoms with Gasteiger partial charge in [-0.1, -0.05) is 54.1 Å². The quantitative estimate of drug-likeness (QED) is 0.580. The maximum atomic E-state index is 13.2. The number of nitrogens with one attached hydrogen (secondary N) is 1. The Hall–Kier alpha value is -3.11. The van der Waals surface area contributed by atoms with Gasteiger partial charge in [-0.3, -0.25) is 4.79 Å². The monoisotopic (exact) mass is 347 g/mol. The van der Waals surface area contributed by atoms with Gasteiger partial charge in [-0.2, -0.15) is 0 Å². The van der Waals surface area contributed by atoms with Crippen LogP contribution >= 0.6 is 11.6 Å². The Morgan fingerprint density at radius 1 is 0.840 bits per heavy atom. The zero-order valence-corrected chi connectivity index (χ0v) is 13.9. The first-order chi connectivity index (χ1) is 12.2. The van der Waals surface area contributed by atoms with E-state index < -0.39 is 0 Å². The first-order valence-electron chi connectivity index (χ1n) is 7.83. The van der Waals surface area contributed by atoms with E-state index in [9.17, 15) is 4.79 Å². The standard InChI is InChI=1S/C20H14ClN3O/c21-16-12-7-13-17-18(16)19(25)24(15-10-5-2-6-11-15)20(23-17)22-14-8-3-1-4-9-14/h1-13H,(H,22,23). The second-order valence-corrected chi connectivity index (χ2v) is 5.94. The molecule has 0 aliphatic rings. The van der Waals surface area contributed by atoms with Crippen molar-refractivity contribution in [2.75, 3.05) is 5.32 Å². The number of para-hydroxylation sites is 2. The third-order valence-corrected chi connectivity index (χ3v) is 4.21. The van der Waals surface area contributed by atoms with E-state index in [1.165, 1.54) is 0 Å². The van der Waals surface area contributed by atoms with Crippen molar-refractivity contribution >= 4 is 34.1 Å². The molecule has 4 aromatic rings. The zero-order chi connectivity index (χ0) is 17.2. The molecular formula is C20H14ClN3O. The van der Waals surface area contributed by atoms with Crippen LogP contribution in [0, 0.1) is 0 Å². The maximum Gasteiger partial charge on any atom is 0.268 e. The summed E-state index contributed by atoms with van der Waals surface area (Å²) in [6.45, 7) is 0. The molecule has 0 spiro atoms. The Labute approximate surface area is 149 Å². The molecule has 0 saturated heterocycles. The van der Waals surface area contributed by atoms with E-state index in [1.807, 2.05) is 60.7 Å². The van der Waals surface area contributed by atoms with Gasteiger partial charge in [0, 0.05) is 5.69 Å². The summed E-state index contributed by atoms with van der Waals surface area (Å²) < 4.78 is 1.54. The first kappa shape index (κ1) is 15.4. The molecule has 0 aliphatic heterocycles. The molecule has 0 atom stereocenters. The van der Waals surface area contributed by atoms with Crippen LogP contribution in [0.3, 0.4) is 0 Å². The van der Waals surface area contributed by atoms with Gasteiger partial charge in [-0.05, 0) is 36.4 Å². The van der Waals surface area contributed by atoms with Gasteiger partial charge in [0.15, 0.2) is 0 Å². The zero-order valence-electron chi connectivity index (χ0n) is 13.2. The number of rotatable bonds is 3. The Kier molecular flexibility index (Phi) is 3.96. The summed E-state index contributed by atoms with van der Waals surface area (Å²) in [5.41, 5.74) is 1.92. The van der Waals surface area contributed by atoms with Crippen LogP contribution in [0.25, 0.3) is 16.6 Å². The molecule has 0 radical (unpaired) electrons. The fraction of sp³-hybridized carbons (Fsp3) is 0. The lowest BCUT2D eigenvalue weighted by atomic mass is 10.2. The SMILES string of the molecule is O=c1c2c(Cl)cccc2nc(Nc2ccccc2)n1-c1ccccc1. The van der Waals surface area contributed by atoms with Crippen molar-refractivity contribution < 1.29 is 0 Å². The smallest absolute Gasteiger partial charge is 0.268 e. The topological polar surface area (TPSA) is 46.9 Å². The number of halogens is 1. The predicted molar refractivity (Wildman–Crippen MR) is 102 cm³/mol. The van der Waals surface area contributed by atoms with Crippen molar-refractivity contribution in [3.63, 3.8) is 0 Å². The van der Waals surface area contributed by atoms with Gasteiger partial charge in [0.05, 0.1) is 21.6 Å². The van der Waals surface area contributed by atoms with Crippen molar-refractivity contribution in [3.05, 3.63) is 94.2 Å². The summed E-state index contributed by atoms with van der Waals surface area (Å²) in [6.07, 6.45) is 0. The normalized spacial score (nSPS) is 10.8. The molecule has 0 amide bonds. The number of anilines is 2. The average Bonchev–Trinajstić information content (AvgIpc) is 2.63. The molecule has 0 fully saturated rings. The van der Waals surface area contributed by atoms with Crippen LogP contribution < -0.4 is 10.9 Å². The van der Waals surface area contributed by atoms with E-state index in [0.717, 1.165) is 11.4 Å². The molecule has 0 unspecified atom stereocenters. The Balaban J connectivity index is 2.02. The van der Waals surface area contributed by atoms with Gasteiger partial charge < -0.3 is 5.32 Å². The Morgan fingerprint density at radius 2 is 1.52 bits per heavy atom. The van der Waals surface area contributed by atoms with E-state index in [4.69, 9.17) is 11.6 Å². The van der Waals surface area contributed by atoms with Gasteiger partial charge in [0.1, 0.15) is 0 Å². The van der Waals surface area contributed by atoms with Crippen LogP contribution in [0.2, 0.25) is 5.02 Å². The molecule has 4 nitrogen and oxygen atoms in total. The average molecular weight is 348 g/mol. The van der Waals surface area contributed by atoms with Crippen molar-refractivity contribution in [1.82, 2.24) is 9.55 Å². The van der Waals surface area contributed by atoms with Crippen molar-refractivity contribution in [2.24, 2.45) is 0 Å². The molecule has 0 saturated carbocycles. The molecule has 1 N–H and O–H groups in total. The van der Waals surface area contributed by atoms with Crippen LogP contribution in [0.4, 0.5) is 11.6 Å². The van der Waals surface area contributed by atoms with E-state index in [0.29, 0.717) is 21.9 Å². The van der Waals surface area contributed by atoms with Crippen LogP contribution in [-0.4, -0.2) is 9.55 Å². The molecule has 4 rings (SSSR count). The molecule has 5 heteroatoms. The molecule has 1 aromatic heterocycles. The molecule has 0 aliphatic carbocycles. The van der Waals surface area contributed by atoms with Crippen LogP contribution in [0.5, 0.6) is 0 Å². The fourth-order valence-electron chi connectivity index (χ4n) is 2.74. The summed E-state index contributed by atoms with van der Waals surface area (Å²) >= 11 is 6.26. The minimum Gasteiger partial charge on any atom is -0.325 e. The molecular weight excluding hydrogens is 334 g/mol. The largest absolute Gasteiger partial charge is 0.325 e. The molecule has 3 aromatic carbocycles.